The first kappa shape index (κ1) is 14.7. The summed E-state index contributed by atoms with van der Waals surface area (Å²) in [4.78, 5) is 10.1. The lowest BCUT2D eigenvalue weighted by molar-refractivity contribution is 0.00960. The first-order chi connectivity index (χ1) is 9.99. The summed E-state index contributed by atoms with van der Waals surface area (Å²) in [6, 6.07) is 0. The van der Waals surface area contributed by atoms with E-state index in [-0.39, 0.29) is 11.5 Å². The van der Waals surface area contributed by atoms with Gasteiger partial charge in [-0.1, -0.05) is 19.8 Å². The lowest BCUT2D eigenvalue weighted by Gasteiger charge is -2.38. The normalized spacial score (nSPS) is 26.2. The highest BCUT2D eigenvalue weighted by Gasteiger charge is 2.35. The van der Waals surface area contributed by atoms with Gasteiger partial charge in [-0.2, -0.15) is 0 Å². The summed E-state index contributed by atoms with van der Waals surface area (Å²) >= 11 is 1.66. The molecule has 2 heterocycles. The second-order valence-electron chi connectivity index (χ2n) is 6.49. The molecule has 2 unspecified atom stereocenters. The maximum Gasteiger partial charge on any atom is 0.138 e. The minimum absolute atomic E-state index is 0.0621. The van der Waals surface area contributed by atoms with Gasteiger partial charge in [0, 0.05) is 12.0 Å². The number of hydrogen-bond donors (Lipinski definition) is 2. The Kier molecular flexibility index (Phi) is 3.88. The third-order valence-corrected chi connectivity index (χ3v) is 5.66. The van der Waals surface area contributed by atoms with Crippen LogP contribution in [-0.4, -0.2) is 27.7 Å². The molecule has 0 aromatic carbocycles. The van der Waals surface area contributed by atoms with E-state index in [9.17, 15) is 5.11 Å². The zero-order chi connectivity index (χ0) is 15.0. The number of hydrogen-bond acceptors (Lipinski definition) is 5. The summed E-state index contributed by atoms with van der Waals surface area (Å²) in [5.74, 6) is 1.71. The molecule has 0 bridgehead atoms. The second kappa shape index (κ2) is 5.54. The minimum atomic E-state index is -0.222. The number of aromatic nitrogens is 2. The molecule has 2 N–H and O–H groups in total. The van der Waals surface area contributed by atoms with Crippen LogP contribution in [0.4, 0.5) is 5.82 Å². The topological polar surface area (TPSA) is 58.0 Å². The van der Waals surface area contributed by atoms with Crippen LogP contribution in [0, 0.1) is 19.3 Å². The van der Waals surface area contributed by atoms with Crippen molar-refractivity contribution in [2.45, 2.75) is 52.6 Å². The number of aliphatic hydroxyl groups excluding tert-OH is 1. The Labute approximate surface area is 129 Å². The molecule has 1 aliphatic carbocycles. The van der Waals surface area contributed by atoms with Gasteiger partial charge in [0.15, 0.2) is 0 Å². The van der Waals surface area contributed by atoms with Crippen molar-refractivity contribution in [1.82, 2.24) is 9.97 Å². The Balaban J connectivity index is 1.86. The maximum atomic E-state index is 10.3. The molecule has 114 valence electrons. The van der Waals surface area contributed by atoms with E-state index < -0.39 is 0 Å². The molecular weight excluding hydrogens is 282 g/mol. The van der Waals surface area contributed by atoms with E-state index in [2.05, 4.69) is 34.5 Å². The number of anilines is 1. The first-order valence-electron chi connectivity index (χ1n) is 7.64. The van der Waals surface area contributed by atoms with Gasteiger partial charge in [0.2, 0.25) is 0 Å². The average molecular weight is 305 g/mol. The number of aliphatic hydroxyl groups is 1. The highest BCUT2D eigenvalue weighted by atomic mass is 32.1. The van der Waals surface area contributed by atoms with E-state index in [1.54, 1.807) is 11.3 Å². The van der Waals surface area contributed by atoms with E-state index in [4.69, 9.17) is 0 Å². The molecule has 1 fully saturated rings. The number of nitrogens with one attached hydrogen (secondary N) is 1. The maximum absolute atomic E-state index is 10.3. The molecule has 3 rings (SSSR count). The summed E-state index contributed by atoms with van der Waals surface area (Å²) in [5, 5.41) is 17.1. The van der Waals surface area contributed by atoms with Gasteiger partial charge >= 0.3 is 0 Å². The first-order valence-corrected chi connectivity index (χ1v) is 8.52. The fourth-order valence-electron chi connectivity index (χ4n) is 3.19. The van der Waals surface area contributed by atoms with E-state index in [0.717, 1.165) is 47.7 Å². The molecule has 21 heavy (non-hydrogen) atoms. The van der Waals surface area contributed by atoms with Crippen molar-refractivity contribution in [2.75, 3.05) is 11.9 Å². The summed E-state index contributed by atoms with van der Waals surface area (Å²) in [6.45, 7) is 6.96. The van der Waals surface area contributed by atoms with Crippen molar-refractivity contribution < 1.29 is 5.11 Å². The third-order valence-electron chi connectivity index (χ3n) is 4.67. The lowest BCUT2D eigenvalue weighted by atomic mass is 9.73. The summed E-state index contributed by atoms with van der Waals surface area (Å²) in [5.41, 5.74) is 1.15. The average Bonchev–Trinajstić information content (AvgIpc) is 2.81. The van der Waals surface area contributed by atoms with Crippen LogP contribution in [0.25, 0.3) is 10.2 Å². The molecule has 0 spiro atoms. The number of fused-ring (bicyclic) bond motifs is 1. The monoisotopic (exact) mass is 305 g/mol. The largest absolute Gasteiger partial charge is 0.392 e. The predicted octanol–water partition coefficient (Wildman–Crippen LogP) is 3.66. The Morgan fingerprint density at radius 2 is 2.19 bits per heavy atom. The number of rotatable bonds is 3. The summed E-state index contributed by atoms with van der Waals surface area (Å²) < 4.78 is 0. The van der Waals surface area contributed by atoms with E-state index in [0.29, 0.717) is 0 Å². The van der Waals surface area contributed by atoms with Crippen LogP contribution < -0.4 is 5.32 Å². The van der Waals surface area contributed by atoms with Crippen LogP contribution in [0.1, 0.15) is 44.0 Å². The standard InChI is InChI=1S/C16H23N3OS/c1-10-8-21-15-13(10)14(18-11(2)19-15)17-9-16(3)7-5-4-6-12(16)20/h8,12,20H,4-7,9H2,1-3H3,(H,17,18,19). The Hall–Kier alpha value is -1.20. The van der Waals surface area contributed by atoms with Gasteiger partial charge in [0.25, 0.3) is 0 Å². The molecule has 2 atom stereocenters. The molecule has 1 saturated carbocycles. The molecule has 0 saturated heterocycles. The smallest absolute Gasteiger partial charge is 0.138 e. The second-order valence-corrected chi connectivity index (χ2v) is 7.35. The lowest BCUT2D eigenvalue weighted by Crippen LogP contribution is -2.41. The zero-order valence-electron chi connectivity index (χ0n) is 12.9. The van der Waals surface area contributed by atoms with Gasteiger partial charge in [0.1, 0.15) is 16.5 Å². The fourth-order valence-corrected chi connectivity index (χ4v) is 4.16. The van der Waals surface area contributed by atoms with Gasteiger partial charge in [-0.15, -0.1) is 11.3 Å². The predicted molar refractivity (Wildman–Crippen MR) is 88.0 cm³/mol. The minimum Gasteiger partial charge on any atom is -0.392 e. The van der Waals surface area contributed by atoms with Crippen molar-refractivity contribution >= 4 is 27.4 Å². The molecule has 5 heteroatoms. The Morgan fingerprint density at radius 3 is 2.95 bits per heavy atom. The van der Waals surface area contributed by atoms with Crippen LogP contribution in [0.3, 0.4) is 0 Å². The van der Waals surface area contributed by atoms with Gasteiger partial charge < -0.3 is 10.4 Å². The molecule has 4 nitrogen and oxygen atoms in total. The van der Waals surface area contributed by atoms with Crippen LogP contribution in [0.5, 0.6) is 0 Å². The molecule has 2 aromatic rings. The van der Waals surface area contributed by atoms with Crippen LogP contribution in [-0.2, 0) is 0 Å². The summed E-state index contributed by atoms with van der Waals surface area (Å²) in [7, 11) is 0. The van der Waals surface area contributed by atoms with E-state index in [1.807, 2.05) is 6.92 Å². The molecular formula is C16H23N3OS. The number of aryl methyl sites for hydroxylation is 2. The van der Waals surface area contributed by atoms with Gasteiger partial charge in [0.05, 0.1) is 11.5 Å². The summed E-state index contributed by atoms with van der Waals surface area (Å²) in [6.07, 6.45) is 4.09. The number of nitrogens with zero attached hydrogens (tertiary/aromatic N) is 2. The Morgan fingerprint density at radius 1 is 1.38 bits per heavy atom. The molecule has 0 aliphatic heterocycles. The molecule has 0 amide bonds. The zero-order valence-corrected chi connectivity index (χ0v) is 13.8. The van der Waals surface area contributed by atoms with Crippen LogP contribution in [0.2, 0.25) is 0 Å². The van der Waals surface area contributed by atoms with Gasteiger partial charge in [-0.05, 0) is 37.6 Å². The SMILES string of the molecule is Cc1nc(NCC2(C)CCCCC2O)c2c(C)csc2n1. The highest BCUT2D eigenvalue weighted by Crippen LogP contribution is 2.37. The molecule has 1 aliphatic rings. The van der Waals surface area contributed by atoms with E-state index >= 15 is 0 Å². The van der Waals surface area contributed by atoms with Crippen molar-refractivity contribution in [3.05, 3.63) is 16.8 Å². The fraction of sp³-hybridized carbons (Fsp3) is 0.625. The van der Waals surface area contributed by atoms with Crippen molar-refractivity contribution in [3.8, 4) is 0 Å². The molecule has 2 aromatic heterocycles. The highest BCUT2D eigenvalue weighted by molar-refractivity contribution is 7.17. The Bertz CT molecular complexity index is 654. The van der Waals surface area contributed by atoms with Gasteiger partial charge in [-0.3, -0.25) is 0 Å². The third kappa shape index (κ3) is 2.77. The van der Waals surface area contributed by atoms with Gasteiger partial charge in [-0.25, -0.2) is 9.97 Å². The van der Waals surface area contributed by atoms with Crippen molar-refractivity contribution in [3.63, 3.8) is 0 Å². The van der Waals surface area contributed by atoms with Crippen LogP contribution in [0.15, 0.2) is 5.38 Å². The molecule has 0 radical (unpaired) electrons. The number of thiophene rings is 1. The van der Waals surface area contributed by atoms with Crippen molar-refractivity contribution in [1.29, 1.82) is 0 Å². The van der Waals surface area contributed by atoms with Crippen molar-refractivity contribution in [2.24, 2.45) is 5.41 Å². The quantitative estimate of drug-likeness (QED) is 0.908. The van der Waals surface area contributed by atoms with E-state index in [1.165, 1.54) is 12.0 Å². The van der Waals surface area contributed by atoms with Crippen LogP contribution >= 0.6 is 11.3 Å².